The van der Waals surface area contributed by atoms with Crippen LogP contribution in [0, 0.1) is 5.82 Å². The first-order valence-corrected chi connectivity index (χ1v) is 6.31. The van der Waals surface area contributed by atoms with Crippen molar-refractivity contribution in [2.75, 3.05) is 12.3 Å². The lowest BCUT2D eigenvalue weighted by atomic mass is 10.3. The highest BCUT2D eigenvalue weighted by Crippen LogP contribution is 2.41. The largest absolute Gasteiger partial charge is 0.492 e. The fraction of sp³-hybridized carbons (Fsp3) is 0.385. The van der Waals surface area contributed by atoms with Crippen molar-refractivity contribution in [2.45, 2.75) is 25.3 Å². The summed E-state index contributed by atoms with van der Waals surface area (Å²) < 4.78 is 20.1. The van der Waals surface area contributed by atoms with E-state index in [1.807, 2.05) is 0 Å². The summed E-state index contributed by atoms with van der Waals surface area (Å²) in [5, 5.41) is 7.92. The van der Waals surface area contributed by atoms with E-state index in [9.17, 15) is 4.39 Å². The van der Waals surface area contributed by atoms with Crippen LogP contribution in [-0.2, 0) is 6.54 Å². The van der Waals surface area contributed by atoms with Gasteiger partial charge in [-0.05, 0) is 37.1 Å². The van der Waals surface area contributed by atoms with Crippen molar-refractivity contribution in [1.29, 1.82) is 0 Å². The standard InChI is InChI=1S/C13H15FN4O/c14-10-3-5-11(6-4-10)19-8-7-18-12(9-1-2-9)13(15)16-17-18/h3-6,9H,1-2,7-8,15H2. The zero-order chi connectivity index (χ0) is 13.2. The molecule has 1 aromatic heterocycles. The summed E-state index contributed by atoms with van der Waals surface area (Å²) in [6.07, 6.45) is 2.30. The normalized spacial score (nSPS) is 14.6. The second-order valence-corrected chi connectivity index (χ2v) is 4.66. The van der Waals surface area contributed by atoms with E-state index in [-0.39, 0.29) is 5.82 Å². The van der Waals surface area contributed by atoms with E-state index < -0.39 is 0 Å². The molecule has 2 N–H and O–H groups in total. The van der Waals surface area contributed by atoms with Crippen molar-refractivity contribution in [1.82, 2.24) is 15.0 Å². The molecule has 100 valence electrons. The van der Waals surface area contributed by atoms with Gasteiger partial charge in [0.2, 0.25) is 0 Å². The maximum atomic E-state index is 12.7. The minimum absolute atomic E-state index is 0.271. The fourth-order valence-electron chi connectivity index (χ4n) is 2.06. The summed E-state index contributed by atoms with van der Waals surface area (Å²) in [6, 6.07) is 5.95. The maximum Gasteiger partial charge on any atom is 0.169 e. The number of ether oxygens (including phenoxy) is 1. The highest BCUT2D eigenvalue weighted by Gasteiger charge is 2.30. The first kappa shape index (κ1) is 12.0. The summed E-state index contributed by atoms with van der Waals surface area (Å²) in [4.78, 5) is 0. The van der Waals surface area contributed by atoms with Crippen LogP contribution in [0.25, 0.3) is 0 Å². The van der Waals surface area contributed by atoms with Gasteiger partial charge in [-0.2, -0.15) is 0 Å². The van der Waals surface area contributed by atoms with Crippen molar-refractivity contribution in [3.8, 4) is 5.75 Å². The minimum atomic E-state index is -0.271. The van der Waals surface area contributed by atoms with Gasteiger partial charge in [0.05, 0.1) is 12.2 Å². The summed E-state index contributed by atoms with van der Waals surface area (Å²) in [5.41, 5.74) is 6.82. The molecule has 0 atom stereocenters. The molecule has 0 saturated heterocycles. The zero-order valence-corrected chi connectivity index (χ0v) is 10.4. The predicted molar refractivity (Wildman–Crippen MR) is 68.3 cm³/mol. The van der Waals surface area contributed by atoms with Crippen LogP contribution < -0.4 is 10.5 Å². The Balaban J connectivity index is 1.59. The van der Waals surface area contributed by atoms with Crippen LogP contribution in [0.3, 0.4) is 0 Å². The monoisotopic (exact) mass is 262 g/mol. The molecule has 3 rings (SSSR count). The molecule has 2 aromatic rings. The SMILES string of the molecule is Nc1nnn(CCOc2ccc(F)cc2)c1C1CC1. The van der Waals surface area contributed by atoms with Gasteiger partial charge in [0.25, 0.3) is 0 Å². The van der Waals surface area contributed by atoms with Crippen LogP contribution in [0.15, 0.2) is 24.3 Å². The maximum absolute atomic E-state index is 12.7. The second kappa shape index (κ2) is 4.87. The van der Waals surface area contributed by atoms with E-state index in [0.29, 0.717) is 30.6 Å². The highest BCUT2D eigenvalue weighted by molar-refractivity contribution is 5.38. The third kappa shape index (κ3) is 2.67. The molecule has 1 aliphatic rings. The van der Waals surface area contributed by atoms with E-state index >= 15 is 0 Å². The van der Waals surface area contributed by atoms with Gasteiger partial charge >= 0.3 is 0 Å². The van der Waals surface area contributed by atoms with E-state index in [4.69, 9.17) is 10.5 Å². The van der Waals surface area contributed by atoms with Crippen LogP contribution in [0.1, 0.15) is 24.5 Å². The van der Waals surface area contributed by atoms with Gasteiger partial charge in [-0.25, -0.2) is 9.07 Å². The molecule has 1 aliphatic carbocycles. The molecule has 1 saturated carbocycles. The number of benzene rings is 1. The molecular formula is C13H15FN4O. The van der Waals surface area contributed by atoms with Crippen molar-refractivity contribution in [3.05, 3.63) is 35.8 Å². The van der Waals surface area contributed by atoms with Gasteiger partial charge in [0.1, 0.15) is 18.2 Å². The van der Waals surface area contributed by atoms with E-state index in [1.165, 1.54) is 12.1 Å². The number of nitrogens with zero attached hydrogens (tertiary/aromatic N) is 3. The first-order valence-electron chi connectivity index (χ1n) is 6.31. The number of rotatable bonds is 5. The van der Waals surface area contributed by atoms with Crippen LogP contribution in [0.2, 0.25) is 0 Å². The summed E-state index contributed by atoms with van der Waals surface area (Å²) in [6.45, 7) is 1.04. The number of hydrogen-bond acceptors (Lipinski definition) is 4. The number of hydrogen-bond donors (Lipinski definition) is 1. The van der Waals surface area contributed by atoms with Gasteiger partial charge in [0, 0.05) is 5.92 Å². The van der Waals surface area contributed by atoms with Crippen LogP contribution in [0.5, 0.6) is 5.75 Å². The van der Waals surface area contributed by atoms with Crippen molar-refractivity contribution < 1.29 is 9.13 Å². The Morgan fingerprint density at radius 1 is 1.32 bits per heavy atom. The molecule has 5 nitrogen and oxygen atoms in total. The van der Waals surface area contributed by atoms with Crippen molar-refractivity contribution >= 4 is 5.82 Å². The number of anilines is 1. The van der Waals surface area contributed by atoms with Crippen molar-refractivity contribution in [3.63, 3.8) is 0 Å². The summed E-state index contributed by atoms with van der Waals surface area (Å²) in [5.74, 6) is 1.39. The Hall–Kier alpha value is -2.11. The molecule has 1 heterocycles. The average Bonchev–Trinajstić information content (AvgIpc) is 3.17. The predicted octanol–water partition coefficient (Wildman–Crippen LogP) is 1.96. The molecule has 0 amide bonds. The molecule has 6 heteroatoms. The lowest BCUT2D eigenvalue weighted by Crippen LogP contribution is -2.12. The second-order valence-electron chi connectivity index (χ2n) is 4.66. The Morgan fingerprint density at radius 2 is 2.05 bits per heavy atom. The highest BCUT2D eigenvalue weighted by atomic mass is 19.1. The number of aromatic nitrogens is 3. The van der Waals surface area contributed by atoms with E-state index in [2.05, 4.69) is 10.3 Å². The van der Waals surface area contributed by atoms with Gasteiger partial charge in [-0.3, -0.25) is 0 Å². The minimum Gasteiger partial charge on any atom is -0.492 e. The summed E-state index contributed by atoms with van der Waals surface area (Å²) >= 11 is 0. The Bertz CT molecular complexity index is 563. The third-order valence-corrected chi connectivity index (χ3v) is 3.15. The molecule has 1 fully saturated rings. The van der Waals surface area contributed by atoms with Gasteiger partial charge in [0.15, 0.2) is 5.82 Å². The first-order chi connectivity index (χ1) is 9.24. The Morgan fingerprint density at radius 3 is 2.74 bits per heavy atom. The third-order valence-electron chi connectivity index (χ3n) is 3.15. The van der Waals surface area contributed by atoms with Crippen molar-refractivity contribution in [2.24, 2.45) is 0 Å². The topological polar surface area (TPSA) is 66.0 Å². The van der Waals surface area contributed by atoms with Crippen LogP contribution in [-0.4, -0.2) is 21.6 Å². The molecule has 0 spiro atoms. The van der Waals surface area contributed by atoms with Crippen LogP contribution >= 0.6 is 0 Å². The molecule has 0 unspecified atom stereocenters. The quantitative estimate of drug-likeness (QED) is 0.894. The molecule has 19 heavy (non-hydrogen) atoms. The van der Waals surface area contributed by atoms with Gasteiger partial charge < -0.3 is 10.5 Å². The molecule has 0 aliphatic heterocycles. The zero-order valence-electron chi connectivity index (χ0n) is 10.4. The molecule has 0 radical (unpaired) electrons. The Kier molecular flexibility index (Phi) is 3.06. The van der Waals surface area contributed by atoms with E-state index in [0.717, 1.165) is 18.5 Å². The lowest BCUT2D eigenvalue weighted by molar-refractivity contribution is 0.287. The number of halogens is 1. The summed E-state index contributed by atoms with van der Waals surface area (Å²) in [7, 11) is 0. The molecule has 1 aromatic carbocycles. The fourth-order valence-corrected chi connectivity index (χ4v) is 2.06. The number of nitrogen functional groups attached to an aromatic ring is 1. The van der Waals surface area contributed by atoms with Gasteiger partial charge in [-0.1, -0.05) is 5.21 Å². The van der Waals surface area contributed by atoms with E-state index in [1.54, 1.807) is 16.8 Å². The Labute approximate surface area is 110 Å². The number of nitrogens with two attached hydrogens (primary N) is 1. The average molecular weight is 262 g/mol. The van der Waals surface area contributed by atoms with Crippen LogP contribution in [0.4, 0.5) is 10.2 Å². The molecular weight excluding hydrogens is 247 g/mol. The lowest BCUT2D eigenvalue weighted by Gasteiger charge is -2.08. The smallest absolute Gasteiger partial charge is 0.169 e. The molecule has 0 bridgehead atoms. The van der Waals surface area contributed by atoms with Gasteiger partial charge in [-0.15, -0.1) is 5.10 Å².